The number of hydrogen-bond donors (Lipinski definition) is 1. The summed E-state index contributed by atoms with van der Waals surface area (Å²) in [5.41, 5.74) is 0. The van der Waals surface area contributed by atoms with E-state index in [2.05, 4.69) is 39.2 Å². The number of nitrogens with one attached hydrogen (secondary N) is 1. The Morgan fingerprint density at radius 1 is 1.21 bits per heavy atom. The zero-order chi connectivity index (χ0) is 13.7. The van der Waals surface area contributed by atoms with Crippen molar-refractivity contribution in [3.63, 3.8) is 0 Å². The molecule has 2 heterocycles. The third-order valence-electron chi connectivity index (χ3n) is 2.87. The molecule has 0 amide bonds. The molecule has 0 aliphatic heterocycles. The average Bonchev–Trinajstić information content (AvgIpc) is 2.83. The van der Waals surface area contributed by atoms with Crippen LogP contribution in [0.2, 0.25) is 0 Å². The van der Waals surface area contributed by atoms with Crippen LogP contribution in [0.25, 0.3) is 0 Å². The molecule has 0 fully saturated rings. The van der Waals surface area contributed by atoms with Crippen LogP contribution in [-0.2, 0) is 13.0 Å². The summed E-state index contributed by atoms with van der Waals surface area (Å²) in [6, 6.07) is 1.87. The molecule has 0 bridgehead atoms. The maximum atomic E-state index is 4.34. The molecule has 6 heteroatoms. The minimum Gasteiger partial charge on any atom is -0.310 e. The van der Waals surface area contributed by atoms with Crippen LogP contribution in [0.4, 0.5) is 0 Å². The monoisotopic (exact) mass is 260 g/mol. The second kappa shape index (κ2) is 6.38. The first-order valence-electron chi connectivity index (χ1n) is 6.51. The second-order valence-corrected chi connectivity index (χ2v) is 4.90. The van der Waals surface area contributed by atoms with Crippen LogP contribution in [0.5, 0.6) is 0 Å². The molecule has 1 atom stereocenters. The zero-order valence-electron chi connectivity index (χ0n) is 11.6. The zero-order valence-corrected chi connectivity index (χ0v) is 11.6. The van der Waals surface area contributed by atoms with Crippen molar-refractivity contribution in [3.05, 3.63) is 36.4 Å². The summed E-state index contributed by atoms with van der Waals surface area (Å²) in [4.78, 5) is 12.9. The van der Waals surface area contributed by atoms with Crippen molar-refractivity contribution in [2.24, 2.45) is 5.92 Å². The van der Waals surface area contributed by atoms with Crippen molar-refractivity contribution in [2.75, 3.05) is 7.05 Å². The maximum Gasteiger partial charge on any atom is 0.145 e. The lowest BCUT2D eigenvalue weighted by Crippen LogP contribution is -2.23. The summed E-state index contributed by atoms with van der Waals surface area (Å²) in [5, 5.41) is 7.51. The molecule has 19 heavy (non-hydrogen) atoms. The molecule has 0 aliphatic rings. The van der Waals surface area contributed by atoms with E-state index < -0.39 is 0 Å². The summed E-state index contributed by atoms with van der Waals surface area (Å²) in [6.45, 7) is 5.21. The first kappa shape index (κ1) is 13.6. The van der Waals surface area contributed by atoms with Gasteiger partial charge < -0.3 is 5.32 Å². The van der Waals surface area contributed by atoms with Crippen LogP contribution < -0.4 is 5.32 Å². The molecule has 0 radical (unpaired) electrons. The van der Waals surface area contributed by atoms with Gasteiger partial charge in [-0.25, -0.2) is 19.6 Å². The second-order valence-electron chi connectivity index (χ2n) is 4.90. The van der Waals surface area contributed by atoms with Gasteiger partial charge in [-0.05, 0) is 19.0 Å². The Balaban J connectivity index is 2.13. The van der Waals surface area contributed by atoms with Gasteiger partial charge in [0.2, 0.25) is 0 Å². The van der Waals surface area contributed by atoms with E-state index in [1.807, 2.05) is 17.8 Å². The largest absolute Gasteiger partial charge is 0.310 e. The van der Waals surface area contributed by atoms with Gasteiger partial charge in [0.15, 0.2) is 0 Å². The fourth-order valence-corrected chi connectivity index (χ4v) is 1.94. The summed E-state index contributed by atoms with van der Waals surface area (Å²) in [6.07, 6.45) is 5.85. The van der Waals surface area contributed by atoms with Gasteiger partial charge >= 0.3 is 0 Å². The van der Waals surface area contributed by atoms with Crippen LogP contribution in [-0.4, -0.2) is 31.8 Å². The van der Waals surface area contributed by atoms with E-state index in [0.717, 1.165) is 24.6 Å². The van der Waals surface area contributed by atoms with Crippen LogP contribution in [0.1, 0.15) is 31.5 Å². The molecule has 0 aliphatic carbocycles. The van der Waals surface area contributed by atoms with Crippen LogP contribution in [0.3, 0.4) is 0 Å². The summed E-state index contributed by atoms with van der Waals surface area (Å²) in [5.74, 6) is 2.28. The van der Waals surface area contributed by atoms with Crippen molar-refractivity contribution < 1.29 is 0 Å². The molecular weight excluding hydrogens is 240 g/mol. The molecule has 1 N–H and O–H groups in total. The summed E-state index contributed by atoms with van der Waals surface area (Å²) in [7, 11) is 1.91. The van der Waals surface area contributed by atoms with Gasteiger partial charge in [0.25, 0.3) is 0 Å². The van der Waals surface area contributed by atoms with Crippen molar-refractivity contribution >= 4 is 0 Å². The Bertz CT molecular complexity index is 493. The highest BCUT2D eigenvalue weighted by Crippen LogP contribution is 2.13. The predicted octanol–water partition coefficient (Wildman–Crippen LogP) is 1.23. The van der Waals surface area contributed by atoms with E-state index in [1.54, 1.807) is 18.7 Å². The summed E-state index contributed by atoms with van der Waals surface area (Å²) < 4.78 is 1.96. The number of likely N-dealkylation sites (N-methyl/N-ethyl adjacent to an activating group) is 1. The van der Waals surface area contributed by atoms with Gasteiger partial charge in [-0.2, -0.15) is 5.10 Å². The molecular formula is C13H20N6. The fraction of sp³-hybridized carbons (Fsp3) is 0.538. The number of hydrogen-bond acceptors (Lipinski definition) is 5. The van der Waals surface area contributed by atoms with Crippen LogP contribution >= 0.6 is 0 Å². The van der Waals surface area contributed by atoms with E-state index in [4.69, 9.17) is 0 Å². The average molecular weight is 260 g/mol. The molecule has 102 valence electrons. The Morgan fingerprint density at radius 2 is 1.95 bits per heavy atom. The van der Waals surface area contributed by atoms with Crippen molar-refractivity contribution in [2.45, 2.75) is 32.9 Å². The van der Waals surface area contributed by atoms with Gasteiger partial charge in [-0.15, -0.1) is 0 Å². The SMILES string of the molecule is CNC(Cc1ncnn1CC(C)C)c1ncccn1. The molecule has 0 aromatic carbocycles. The maximum absolute atomic E-state index is 4.34. The summed E-state index contributed by atoms with van der Waals surface area (Å²) >= 11 is 0. The third kappa shape index (κ3) is 3.57. The third-order valence-corrected chi connectivity index (χ3v) is 2.87. The van der Waals surface area contributed by atoms with Crippen molar-refractivity contribution in [1.82, 2.24) is 30.0 Å². The molecule has 0 saturated heterocycles. The van der Waals surface area contributed by atoms with E-state index in [-0.39, 0.29) is 6.04 Å². The minimum absolute atomic E-state index is 0.0521. The minimum atomic E-state index is 0.0521. The van der Waals surface area contributed by atoms with Gasteiger partial charge in [-0.3, -0.25) is 0 Å². The smallest absolute Gasteiger partial charge is 0.145 e. The molecule has 2 aromatic rings. The van der Waals surface area contributed by atoms with E-state index >= 15 is 0 Å². The molecule has 6 nitrogen and oxygen atoms in total. The normalized spacial score (nSPS) is 12.8. The Kier molecular flexibility index (Phi) is 4.57. The van der Waals surface area contributed by atoms with E-state index in [1.165, 1.54) is 0 Å². The highest BCUT2D eigenvalue weighted by Gasteiger charge is 2.16. The van der Waals surface area contributed by atoms with Crippen molar-refractivity contribution in [3.8, 4) is 0 Å². The van der Waals surface area contributed by atoms with Crippen molar-refractivity contribution in [1.29, 1.82) is 0 Å². The van der Waals surface area contributed by atoms with E-state index in [0.29, 0.717) is 5.92 Å². The van der Waals surface area contributed by atoms with Gasteiger partial charge in [-0.1, -0.05) is 13.8 Å². The number of nitrogens with zero attached hydrogens (tertiary/aromatic N) is 5. The van der Waals surface area contributed by atoms with Gasteiger partial charge in [0, 0.05) is 25.4 Å². The Morgan fingerprint density at radius 3 is 2.58 bits per heavy atom. The first-order valence-corrected chi connectivity index (χ1v) is 6.51. The first-order chi connectivity index (χ1) is 9.20. The Labute approximate surface area is 113 Å². The van der Waals surface area contributed by atoms with Gasteiger partial charge in [0.05, 0.1) is 6.04 Å². The lowest BCUT2D eigenvalue weighted by molar-refractivity contribution is 0.447. The molecule has 1 unspecified atom stereocenters. The molecule has 0 spiro atoms. The lowest BCUT2D eigenvalue weighted by atomic mass is 10.1. The Hall–Kier alpha value is -1.82. The highest BCUT2D eigenvalue weighted by atomic mass is 15.3. The van der Waals surface area contributed by atoms with E-state index in [9.17, 15) is 0 Å². The molecule has 2 rings (SSSR count). The number of aromatic nitrogens is 5. The van der Waals surface area contributed by atoms with Crippen LogP contribution in [0, 0.1) is 5.92 Å². The number of rotatable bonds is 6. The predicted molar refractivity (Wildman–Crippen MR) is 72.4 cm³/mol. The topological polar surface area (TPSA) is 68.5 Å². The highest BCUT2D eigenvalue weighted by molar-refractivity contribution is 5.01. The molecule has 0 saturated carbocycles. The molecule has 2 aromatic heterocycles. The standard InChI is InChI=1S/C13H20N6/c1-10(2)8-19-12(17-9-18-19)7-11(14-3)13-15-5-4-6-16-13/h4-6,9-11,14H,7-8H2,1-3H3. The fourth-order valence-electron chi connectivity index (χ4n) is 1.94. The van der Waals surface area contributed by atoms with Crippen LogP contribution in [0.15, 0.2) is 24.8 Å². The quantitative estimate of drug-likeness (QED) is 0.846. The van der Waals surface area contributed by atoms with Gasteiger partial charge in [0.1, 0.15) is 18.0 Å². The lowest BCUT2D eigenvalue weighted by Gasteiger charge is -2.15.